The van der Waals surface area contributed by atoms with Gasteiger partial charge in [0, 0.05) is 5.69 Å². The third-order valence-corrected chi connectivity index (χ3v) is 4.03. The number of rotatable bonds is 5. The fourth-order valence-electron chi connectivity index (χ4n) is 2.75. The minimum atomic E-state index is -0.871. The maximum Gasteiger partial charge on any atom is 0.230 e. The van der Waals surface area contributed by atoms with Gasteiger partial charge in [-0.25, -0.2) is 0 Å². The van der Waals surface area contributed by atoms with Crippen LogP contribution in [0.25, 0.3) is 0 Å². The van der Waals surface area contributed by atoms with E-state index >= 15 is 0 Å². The molecule has 2 rings (SSSR count). The van der Waals surface area contributed by atoms with E-state index in [2.05, 4.69) is 5.32 Å². The first kappa shape index (κ1) is 18.0. The van der Waals surface area contributed by atoms with E-state index in [9.17, 15) is 9.90 Å². The number of benzene rings is 2. The van der Waals surface area contributed by atoms with E-state index in [1.807, 2.05) is 51.1 Å². The molecule has 0 saturated carbocycles. The molecular formula is C20H25NO3. The van der Waals surface area contributed by atoms with E-state index < -0.39 is 17.4 Å². The Morgan fingerprint density at radius 1 is 1.04 bits per heavy atom. The van der Waals surface area contributed by atoms with Crippen molar-refractivity contribution in [3.63, 3.8) is 0 Å². The molecule has 2 N–H and O–H groups in total. The highest BCUT2D eigenvalue weighted by Gasteiger charge is 2.38. The van der Waals surface area contributed by atoms with Gasteiger partial charge in [0.2, 0.25) is 5.91 Å². The first-order chi connectivity index (χ1) is 11.3. The second-order valence-electron chi connectivity index (χ2n) is 6.92. The molecule has 0 aliphatic carbocycles. The van der Waals surface area contributed by atoms with Gasteiger partial charge in [-0.05, 0) is 35.2 Å². The number of methoxy groups -OCH3 is 1. The normalized spacial score (nSPS) is 13.9. The van der Waals surface area contributed by atoms with Gasteiger partial charge in [0.05, 0.1) is 19.1 Å². The Kier molecular flexibility index (Phi) is 5.62. The van der Waals surface area contributed by atoms with E-state index in [-0.39, 0.29) is 5.91 Å². The van der Waals surface area contributed by atoms with Crippen LogP contribution in [-0.2, 0) is 4.79 Å². The summed E-state index contributed by atoms with van der Waals surface area (Å²) in [4.78, 5) is 12.8. The molecule has 2 atom stereocenters. The summed E-state index contributed by atoms with van der Waals surface area (Å²) in [6.45, 7) is 5.87. The summed E-state index contributed by atoms with van der Waals surface area (Å²) >= 11 is 0. The maximum absolute atomic E-state index is 12.8. The summed E-state index contributed by atoms with van der Waals surface area (Å²) in [5, 5.41) is 13.7. The lowest BCUT2D eigenvalue weighted by Crippen LogP contribution is -2.37. The summed E-state index contributed by atoms with van der Waals surface area (Å²) < 4.78 is 5.12. The Bertz CT molecular complexity index is 660. The Morgan fingerprint density at radius 2 is 1.62 bits per heavy atom. The molecule has 0 radical (unpaired) electrons. The zero-order valence-electron chi connectivity index (χ0n) is 14.6. The molecule has 1 amide bonds. The number of hydrogen-bond donors (Lipinski definition) is 2. The van der Waals surface area contributed by atoms with E-state index in [1.54, 1.807) is 31.4 Å². The van der Waals surface area contributed by atoms with Crippen molar-refractivity contribution in [2.45, 2.75) is 26.9 Å². The van der Waals surface area contributed by atoms with Gasteiger partial charge in [-0.3, -0.25) is 4.79 Å². The summed E-state index contributed by atoms with van der Waals surface area (Å²) in [6.07, 6.45) is -0.871. The molecule has 0 saturated heterocycles. The average Bonchev–Trinajstić information content (AvgIpc) is 2.55. The van der Waals surface area contributed by atoms with Gasteiger partial charge >= 0.3 is 0 Å². The number of carbonyl (C=O) groups excluding carboxylic acids is 1. The highest BCUT2D eigenvalue weighted by molar-refractivity contribution is 5.93. The lowest BCUT2D eigenvalue weighted by atomic mass is 9.75. The monoisotopic (exact) mass is 327 g/mol. The van der Waals surface area contributed by atoms with Gasteiger partial charge in [-0.15, -0.1) is 0 Å². The van der Waals surface area contributed by atoms with E-state index in [0.29, 0.717) is 5.69 Å². The van der Waals surface area contributed by atoms with Gasteiger partial charge in [0.1, 0.15) is 5.75 Å². The van der Waals surface area contributed by atoms with Crippen LogP contribution in [0.3, 0.4) is 0 Å². The number of amides is 1. The molecule has 24 heavy (non-hydrogen) atoms. The first-order valence-corrected chi connectivity index (χ1v) is 8.01. The van der Waals surface area contributed by atoms with Crippen LogP contribution in [0.5, 0.6) is 5.75 Å². The molecule has 2 aromatic rings. The van der Waals surface area contributed by atoms with E-state index in [1.165, 1.54) is 0 Å². The second kappa shape index (κ2) is 7.49. The van der Waals surface area contributed by atoms with Gasteiger partial charge in [-0.1, -0.05) is 51.1 Å². The van der Waals surface area contributed by atoms with Gasteiger partial charge in [0.25, 0.3) is 0 Å². The summed E-state index contributed by atoms with van der Waals surface area (Å²) in [6, 6.07) is 16.4. The minimum absolute atomic E-state index is 0.205. The standard InChI is InChI=1S/C20H25NO3/c1-20(2,3)17(18(22)14-8-6-5-7-9-14)19(23)21-15-10-12-16(24-4)13-11-15/h5-13,17-18,22H,1-4H3,(H,21,23)/t17-,18-/m0/s1. The van der Waals surface area contributed by atoms with Crippen molar-refractivity contribution in [1.29, 1.82) is 0 Å². The smallest absolute Gasteiger partial charge is 0.230 e. The van der Waals surface area contributed by atoms with Crippen LogP contribution in [0.4, 0.5) is 5.69 Å². The van der Waals surface area contributed by atoms with Crippen LogP contribution in [0.2, 0.25) is 0 Å². The van der Waals surface area contributed by atoms with Gasteiger partial charge < -0.3 is 15.2 Å². The minimum Gasteiger partial charge on any atom is -0.497 e. The molecule has 0 heterocycles. The molecule has 128 valence electrons. The van der Waals surface area contributed by atoms with Gasteiger partial charge in [-0.2, -0.15) is 0 Å². The molecule has 0 unspecified atom stereocenters. The van der Waals surface area contributed by atoms with Crippen LogP contribution in [0.1, 0.15) is 32.4 Å². The molecule has 0 bridgehead atoms. The zero-order chi connectivity index (χ0) is 17.7. The number of nitrogens with one attached hydrogen (secondary N) is 1. The van der Waals surface area contributed by atoms with Crippen LogP contribution < -0.4 is 10.1 Å². The molecule has 0 fully saturated rings. The maximum atomic E-state index is 12.8. The predicted octanol–water partition coefficient (Wildman–Crippen LogP) is 4.03. The van der Waals surface area contributed by atoms with E-state index in [4.69, 9.17) is 4.74 Å². The third-order valence-electron chi connectivity index (χ3n) is 4.03. The topological polar surface area (TPSA) is 58.6 Å². The van der Waals surface area contributed by atoms with Crippen molar-refractivity contribution >= 4 is 11.6 Å². The largest absolute Gasteiger partial charge is 0.497 e. The summed E-state index contributed by atoms with van der Waals surface area (Å²) in [7, 11) is 1.60. The zero-order valence-corrected chi connectivity index (χ0v) is 14.6. The summed E-state index contributed by atoms with van der Waals surface area (Å²) in [5.41, 5.74) is 1.02. The van der Waals surface area contributed by atoms with Crippen molar-refractivity contribution in [3.05, 3.63) is 60.2 Å². The molecule has 0 aromatic heterocycles. The number of hydrogen-bond acceptors (Lipinski definition) is 3. The fourth-order valence-corrected chi connectivity index (χ4v) is 2.75. The van der Waals surface area contributed by atoms with Crippen molar-refractivity contribution < 1.29 is 14.6 Å². The Balaban J connectivity index is 2.22. The molecule has 0 aliphatic heterocycles. The third kappa shape index (κ3) is 4.36. The highest BCUT2D eigenvalue weighted by Crippen LogP contribution is 2.37. The van der Waals surface area contributed by atoms with E-state index in [0.717, 1.165) is 11.3 Å². The predicted molar refractivity (Wildman–Crippen MR) is 96.0 cm³/mol. The van der Waals surface area contributed by atoms with Crippen LogP contribution in [-0.4, -0.2) is 18.1 Å². The molecule has 0 spiro atoms. The summed E-state index contributed by atoms with van der Waals surface area (Å²) in [5.74, 6) is -0.0595. The number of carbonyl (C=O) groups is 1. The van der Waals surface area contributed by atoms with Crippen molar-refractivity contribution in [2.24, 2.45) is 11.3 Å². The fraction of sp³-hybridized carbons (Fsp3) is 0.350. The lowest BCUT2D eigenvalue weighted by molar-refractivity contribution is -0.128. The van der Waals surface area contributed by atoms with Crippen LogP contribution >= 0.6 is 0 Å². The molecule has 2 aromatic carbocycles. The van der Waals surface area contributed by atoms with Crippen LogP contribution in [0, 0.1) is 11.3 Å². The second-order valence-corrected chi connectivity index (χ2v) is 6.92. The molecule has 4 heteroatoms. The van der Waals surface area contributed by atoms with Crippen molar-refractivity contribution in [2.75, 3.05) is 12.4 Å². The quantitative estimate of drug-likeness (QED) is 0.871. The Hall–Kier alpha value is -2.33. The van der Waals surface area contributed by atoms with Crippen molar-refractivity contribution in [1.82, 2.24) is 0 Å². The lowest BCUT2D eigenvalue weighted by Gasteiger charge is -2.33. The highest BCUT2D eigenvalue weighted by atomic mass is 16.5. The number of aliphatic hydroxyl groups excluding tert-OH is 1. The van der Waals surface area contributed by atoms with Crippen LogP contribution in [0.15, 0.2) is 54.6 Å². The number of aliphatic hydroxyl groups is 1. The Morgan fingerprint density at radius 3 is 2.12 bits per heavy atom. The molecular weight excluding hydrogens is 302 g/mol. The first-order valence-electron chi connectivity index (χ1n) is 8.01. The van der Waals surface area contributed by atoms with Gasteiger partial charge in [0.15, 0.2) is 0 Å². The number of ether oxygens (including phenoxy) is 1. The number of anilines is 1. The van der Waals surface area contributed by atoms with Crippen molar-refractivity contribution in [3.8, 4) is 5.75 Å². The Labute approximate surface area is 143 Å². The SMILES string of the molecule is COc1ccc(NC(=O)[C@H]([C@@H](O)c2ccccc2)C(C)(C)C)cc1. The molecule has 4 nitrogen and oxygen atoms in total. The molecule has 0 aliphatic rings. The average molecular weight is 327 g/mol.